The smallest absolute Gasteiger partial charge is 0.169 e. The van der Waals surface area contributed by atoms with Crippen molar-refractivity contribution in [1.82, 2.24) is 9.80 Å². The van der Waals surface area contributed by atoms with Gasteiger partial charge in [-0.3, -0.25) is 0 Å². The minimum Gasteiger partial charge on any atom is -0.389 e. The zero-order chi connectivity index (χ0) is 70.7. The summed E-state index contributed by atoms with van der Waals surface area (Å²) in [6.07, 6.45) is 91.0. The van der Waals surface area contributed by atoms with Gasteiger partial charge in [-0.1, -0.05) is 266 Å². The molecule has 0 amide bonds. The minimum absolute atomic E-state index is 0.209. The molecule has 0 spiro atoms. The SMILES string of the molecule is CCCCC/C=C\C/C=C\CCCCCCCCC(O)(CCCCCCCC/C=C\C/C=C\CCCC(C)C(C)CCC/C=C\C/C=C\CCCCCCCCC1(CCCCCCCC/C=C\C/C=C\CCCCC)O[C@H]2[C@H](O)[C@H](O)CN(C)C[C@H]2O1)O[C@@H]1CCN(C)C[C@@H](O)[C@H]1O. The summed E-state index contributed by atoms with van der Waals surface area (Å²) in [5, 5.41) is 55.2. The van der Waals surface area contributed by atoms with Crippen LogP contribution >= 0.6 is 0 Å². The number of aliphatic hydroxyl groups excluding tert-OH is 4. The van der Waals surface area contributed by atoms with Gasteiger partial charge in [-0.15, -0.1) is 0 Å². The van der Waals surface area contributed by atoms with Crippen molar-refractivity contribution in [3.8, 4) is 0 Å². The first-order valence-electron chi connectivity index (χ1n) is 41.9. The average Bonchev–Trinajstić information content (AvgIpc) is 1.63. The van der Waals surface area contributed by atoms with E-state index in [0.29, 0.717) is 38.9 Å². The van der Waals surface area contributed by atoms with Crippen molar-refractivity contribution in [2.24, 2.45) is 11.8 Å². The predicted octanol–water partition coefficient (Wildman–Crippen LogP) is 22.5. The van der Waals surface area contributed by atoms with E-state index >= 15 is 0 Å². The highest BCUT2D eigenvalue weighted by molar-refractivity contribution is 4.99. The number of unbranched alkanes of at least 4 members (excludes halogenated alkanes) is 32. The second kappa shape index (κ2) is 60.9. The van der Waals surface area contributed by atoms with Crippen LogP contribution in [0.1, 0.15) is 355 Å². The standard InChI is InChI=1S/C88H158N2O8/c1-7-9-11-13-15-17-19-21-23-27-33-39-45-51-57-63-70-87(95,96-82-69-74-89(5)75-80(91)84(82)93)71-64-58-52-46-40-34-29-25-31-37-43-49-55-61-67-78(3)79(4)68-62-56-50-44-38-32-26-30-36-42-48-54-60-66-73-88(97-83-77-90(6)76-81(92)85(94)86(83)98-88)72-65-59-53-47-41-35-28-24-22-20-18-16-14-12-10-8-2/h15-18,21-26,31-32,43-44,49-50,78-86,91-95H,7-14,19-20,27-30,33-42,45-48,51-77H2,1-6H3/b17-15-,18-16-,23-21-,24-22-,31-25-,32-26-,49-43-,50-44-/t78?,79?,80-,81-,82-,83-,84-,85-,86-,87?,88?/m1/s1. The van der Waals surface area contributed by atoms with Crippen LogP contribution in [0.3, 0.4) is 0 Å². The Balaban J connectivity index is 1.16. The lowest BCUT2D eigenvalue weighted by molar-refractivity contribution is -0.260. The maximum atomic E-state index is 11.9. The van der Waals surface area contributed by atoms with Gasteiger partial charge < -0.3 is 49.5 Å². The number of nitrogens with zero attached hydrogens (tertiary/aromatic N) is 2. The Morgan fingerprint density at radius 2 is 0.724 bits per heavy atom. The topological polar surface area (TPSA) is 135 Å². The molecule has 3 fully saturated rings. The zero-order valence-electron chi connectivity index (χ0n) is 64.7. The molecule has 0 bridgehead atoms. The van der Waals surface area contributed by atoms with Crippen LogP contribution in [0.5, 0.6) is 0 Å². The van der Waals surface area contributed by atoms with Crippen molar-refractivity contribution < 1.29 is 39.7 Å². The third-order valence-corrected chi connectivity index (χ3v) is 21.4. The van der Waals surface area contributed by atoms with Crippen LogP contribution in [0, 0.1) is 11.8 Å². The summed E-state index contributed by atoms with van der Waals surface area (Å²) >= 11 is 0. The summed E-state index contributed by atoms with van der Waals surface area (Å²) in [6.45, 7) is 11.7. The summed E-state index contributed by atoms with van der Waals surface area (Å²) in [4.78, 5) is 4.11. The van der Waals surface area contributed by atoms with Crippen LogP contribution in [0.4, 0.5) is 0 Å². The Morgan fingerprint density at radius 3 is 1.11 bits per heavy atom. The molecule has 10 nitrogen and oxygen atoms in total. The number of hydrogen-bond donors (Lipinski definition) is 5. The predicted molar refractivity (Wildman–Crippen MR) is 420 cm³/mol. The lowest BCUT2D eigenvalue weighted by Gasteiger charge is -2.35. The van der Waals surface area contributed by atoms with Crippen LogP contribution in [0.15, 0.2) is 97.2 Å². The highest BCUT2D eigenvalue weighted by Crippen LogP contribution is 2.41. The van der Waals surface area contributed by atoms with Crippen LogP contribution in [-0.2, 0) is 14.2 Å². The largest absolute Gasteiger partial charge is 0.389 e. The molecule has 3 aliphatic heterocycles. The molecule has 568 valence electrons. The molecular weight excluding hydrogens is 1210 g/mol. The van der Waals surface area contributed by atoms with E-state index in [0.717, 1.165) is 121 Å². The molecule has 10 heteroatoms. The number of rotatable bonds is 63. The summed E-state index contributed by atoms with van der Waals surface area (Å²) in [5.41, 5.74) is 0. The fourth-order valence-electron chi connectivity index (χ4n) is 14.7. The molecular formula is C88H158N2O8. The fraction of sp³-hybridized carbons (Fsp3) is 0.818. The van der Waals surface area contributed by atoms with Gasteiger partial charge >= 0.3 is 0 Å². The third-order valence-electron chi connectivity index (χ3n) is 21.4. The third kappa shape index (κ3) is 46.3. The lowest BCUT2D eigenvalue weighted by atomic mass is 9.87. The molecule has 3 rings (SSSR count). The van der Waals surface area contributed by atoms with Crippen molar-refractivity contribution in [2.75, 3.05) is 40.3 Å². The molecule has 0 aromatic carbocycles. The van der Waals surface area contributed by atoms with Gasteiger partial charge in [-0.05, 0) is 186 Å². The molecule has 0 saturated carbocycles. The fourth-order valence-corrected chi connectivity index (χ4v) is 14.7. The maximum Gasteiger partial charge on any atom is 0.169 e. The van der Waals surface area contributed by atoms with E-state index in [2.05, 4.69) is 130 Å². The second-order valence-electron chi connectivity index (χ2n) is 30.8. The molecule has 3 heterocycles. The van der Waals surface area contributed by atoms with Gasteiger partial charge in [0, 0.05) is 51.9 Å². The Bertz CT molecular complexity index is 2070. The quantitative estimate of drug-likeness (QED) is 0.0228. The Morgan fingerprint density at radius 1 is 0.398 bits per heavy atom. The summed E-state index contributed by atoms with van der Waals surface area (Å²) in [7, 11) is 3.96. The average molecular weight is 1370 g/mol. The molecule has 0 aromatic heterocycles. The number of allylic oxidation sites excluding steroid dienone is 16. The number of β-amino-alcohol motifs (C(OH)–C–C–N with tert-alkyl or cyclic N) is 2. The normalized spacial score (nSPS) is 23.8. The molecule has 0 radical (unpaired) electrons. The number of likely N-dealkylation sites (N-methyl/N-ethyl adjacent to an activating group) is 2. The van der Waals surface area contributed by atoms with E-state index in [4.69, 9.17) is 14.2 Å². The number of ether oxygens (including phenoxy) is 3. The Hall–Kier alpha value is -2.48. The van der Waals surface area contributed by atoms with Gasteiger partial charge in [0.25, 0.3) is 0 Å². The zero-order valence-corrected chi connectivity index (χ0v) is 64.7. The maximum absolute atomic E-state index is 11.9. The summed E-state index contributed by atoms with van der Waals surface area (Å²) in [6, 6.07) is 0. The van der Waals surface area contributed by atoms with Crippen LogP contribution in [-0.4, -0.2) is 130 Å². The summed E-state index contributed by atoms with van der Waals surface area (Å²) in [5.74, 6) is -0.375. The van der Waals surface area contributed by atoms with Crippen molar-refractivity contribution in [3.05, 3.63) is 97.2 Å². The minimum atomic E-state index is -1.26. The molecule has 4 unspecified atom stereocenters. The first-order chi connectivity index (χ1) is 47.8. The summed E-state index contributed by atoms with van der Waals surface area (Å²) < 4.78 is 19.9. The van der Waals surface area contributed by atoms with Gasteiger partial charge in [-0.25, -0.2) is 0 Å². The molecule has 5 N–H and O–H groups in total. The van der Waals surface area contributed by atoms with Crippen LogP contribution in [0.2, 0.25) is 0 Å². The van der Waals surface area contributed by atoms with Crippen LogP contribution in [0.25, 0.3) is 0 Å². The first-order valence-corrected chi connectivity index (χ1v) is 41.9. The van der Waals surface area contributed by atoms with Crippen LogP contribution < -0.4 is 0 Å². The molecule has 98 heavy (non-hydrogen) atoms. The first kappa shape index (κ1) is 89.7. The van der Waals surface area contributed by atoms with E-state index in [1.54, 1.807) is 0 Å². The van der Waals surface area contributed by atoms with E-state index in [1.165, 1.54) is 205 Å². The number of aliphatic hydroxyl groups is 5. The monoisotopic (exact) mass is 1370 g/mol. The van der Waals surface area contributed by atoms with E-state index in [-0.39, 0.29) is 6.10 Å². The van der Waals surface area contributed by atoms with E-state index in [1.807, 2.05) is 19.0 Å². The van der Waals surface area contributed by atoms with Gasteiger partial charge in [0.2, 0.25) is 0 Å². The van der Waals surface area contributed by atoms with Crippen molar-refractivity contribution in [2.45, 2.75) is 409 Å². The highest BCUT2D eigenvalue weighted by Gasteiger charge is 2.52. The molecule has 0 aliphatic carbocycles. The number of fused-ring (bicyclic) bond motifs is 1. The second-order valence-corrected chi connectivity index (χ2v) is 30.8. The van der Waals surface area contributed by atoms with Crippen molar-refractivity contribution in [3.63, 3.8) is 0 Å². The number of hydrogen-bond acceptors (Lipinski definition) is 10. The lowest BCUT2D eigenvalue weighted by Crippen LogP contribution is -2.46. The van der Waals surface area contributed by atoms with E-state index < -0.39 is 48.2 Å². The molecule has 11 atom stereocenters. The molecule has 0 aromatic rings. The van der Waals surface area contributed by atoms with Gasteiger partial charge in [-0.2, -0.15) is 0 Å². The van der Waals surface area contributed by atoms with E-state index in [9.17, 15) is 25.5 Å². The Kier molecular flexibility index (Phi) is 55.8. The van der Waals surface area contributed by atoms with Gasteiger partial charge in [0.05, 0.1) is 18.3 Å². The molecule has 3 saturated heterocycles. The Labute approximate surface area is 605 Å². The number of likely N-dealkylation sites (tertiary alicyclic amines) is 2. The van der Waals surface area contributed by atoms with Crippen molar-refractivity contribution in [1.29, 1.82) is 0 Å². The highest BCUT2D eigenvalue weighted by atomic mass is 16.8. The van der Waals surface area contributed by atoms with Gasteiger partial charge in [0.1, 0.15) is 24.4 Å². The molecule has 3 aliphatic rings. The van der Waals surface area contributed by atoms with Gasteiger partial charge in [0.15, 0.2) is 11.6 Å². The van der Waals surface area contributed by atoms with Crippen molar-refractivity contribution >= 4 is 0 Å².